The quantitative estimate of drug-likeness (QED) is 0.525. The number of hydrogen-bond acceptors (Lipinski definition) is 3. The van der Waals surface area contributed by atoms with E-state index < -0.39 is 8.32 Å². The Hall–Kier alpha value is -1.29. The zero-order valence-corrected chi connectivity index (χ0v) is 17.3. The summed E-state index contributed by atoms with van der Waals surface area (Å²) in [6, 6.07) is 4.26. The molecule has 0 radical (unpaired) electrons. The molecule has 134 valence electrons. The summed E-state index contributed by atoms with van der Waals surface area (Å²) >= 11 is 0. The molecule has 0 bridgehead atoms. The van der Waals surface area contributed by atoms with E-state index in [-0.39, 0.29) is 10.6 Å². The average Bonchev–Trinajstić information content (AvgIpc) is 2.45. The number of ether oxygens (including phenoxy) is 1. The summed E-state index contributed by atoms with van der Waals surface area (Å²) in [6.45, 7) is 15.5. The van der Waals surface area contributed by atoms with Gasteiger partial charge < -0.3 is 14.0 Å². The van der Waals surface area contributed by atoms with Gasteiger partial charge in [0, 0.05) is 6.42 Å². The van der Waals surface area contributed by atoms with Crippen LogP contribution in [0.25, 0.3) is 0 Å². The standard InChI is InChI=1S/C20H32O3Si/c1-15-13-17(23-24(6,7)19(2,3)4)14-16-9-11-20(5,10-8-12-21)22-18(15)16/h12-14H,8-11H2,1-7H3. The first-order chi connectivity index (χ1) is 11.0. The predicted octanol–water partition coefficient (Wildman–Crippen LogP) is 5.44. The molecule has 1 atom stereocenters. The van der Waals surface area contributed by atoms with Crippen molar-refractivity contribution >= 4 is 14.6 Å². The van der Waals surface area contributed by atoms with E-state index in [2.05, 4.69) is 59.8 Å². The number of hydrogen-bond donors (Lipinski definition) is 0. The second-order valence-electron chi connectivity index (χ2n) is 8.85. The Morgan fingerprint density at radius 3 is 2.58 bits per heavy atom. The minimum absolute atomic E-state index is 0.181. The normalized spacial score (nSPS) is 21.0. The van der Waals surface area contributed by atoms with Gasteiger partial charge in [0.15, 0.2) is 0 Å². The van der Waals surface area contributed by atoms with E-state index in [4.69, 9.17) is 9.16 Å². The van der Waals surface area contributed by atoms with Crippen LogP contribution in [0.1, 0.15) is 58.1 Å². The minimum atomic E-state index is -1.84. The van der Waals surface area contributed by atoms with Crippen LogP contribution in [-0.4, -0.2) is 20.2 Å². The van der Waals surface area contributed by atoms with Crippen LogP contribution in [0, 0.1) is 6.92 Å². The second-order valence-corrected chi connectivity index (χ2v) is 13.6. The Balaban J connectivity index is 2.25. The van der Waals surface area contributed by atoms with Crippen LogP contribution < -0.4 is 9.16 Å². The Kier molecular flexibility index (Phi) is 5.19. The van der Waals surface area contributed by atoms with E-state index in [1.165, 1.54) is 5.56 Å². The van der Waals surface area contributed by atoms with Crippen LogP contribution in [0.4, 0.5) is 0 Å². The van der Waals surface area contributed by atoms with Gasteiger partial charge in [-0.1, -0.05) is 20.8 Å². The van der Waals surface area contributed by atoms with Crippen molar-refractivity contribution in [3.8, 4) is 11.5 Å². The molecule has 0 saturated heterocycles. The van der Waals surface area contributed by atoms with Crippen molar-refractivity contribution < 1.29 is 14.0 Å². The SMILES string of the molecule is Cc1cc(O[Si](C)(C)C(C)(C)C)cc2c1OC(C)(CCC=O)CC2. The van der Waals surface area contributed by atoms with Gasteiger partial charge in [0.1, 0.15) is 23.4 Å². The summed E-state index contributed by atoms with van der Waals surface area (Å²) in [7, 11) is -1.84. The molecule has 2 rings (SSSR count). The number of carbonyl (C=O) groups is 1. The Morgan fingerprint density at radius 2 is 2.00 bits per heavy atom. The first kappa shape index (κ1) is 19.0. The maximum Gasteiger partial charge on any atom is 0.250 e. The molecule has 1 aliphatic heterocycles. The number of fused-ring (bicyclic) bond motifs is 1. The lowest BCUT2D eigenvalue weighted by Gasteiger charge is -2.38. The van der Waals surface area contributed by atoms with E-state index in [0.29, 0.717) is 6.42 Å². The number of rotatable bonds is 5. The summed E-state index contributed by atoms with van der Waals surface area (Å²) in [4.78, 5) is 10.7. The average molecular weight is 349 g/mol. The van der Waals surface area contributed by atoms with Crippen LogP contribution >= 0.6 is 0 Å². The lowest BCUT2D eigenvalue weighted by Crippen LogP contribution is -2.44. The third-order valence-electron chi connectivity index (χ3n) is 5.57. The fraction of sp³-hybridized carbons (Fsp3) is 0.650. The first-order valence-electron chi connectivity index (χ1n) is 8.93. The lowest BCUT2D eigenvalue weighted by molar-refractivity contribution is -0.108. The molecule has 0 aliphatic carbocycles. The van der Waals surface area contributed by atoms with Gasteiger partial charge in [-0.3, -0.25) is 0 Å². The van der Waals surface area contributed by atoms with Gasteiger partial charge in [-0.2, -0.15) is 0 Å². The number of carbonyl (C=O) groups excluding carboxylic acids is 1. The zero-order valence-electron chi connectivity index (χ0n) is 16.3. The van der Waals surface area contributed by atoms with E-state index >= 15 is 0 Å². The van der Waals surface area contributed by atoms with Gasteiger partial charge in [0.2, 0.25) is 8.32 Å². The van der Waals surface area contributed by atoms with Crippen molar-refractivity contribution in [2.24, 2.45) is 0 Å². The second kappa shape index (κ2) is 6.55. The summed E-state index contributed by atoms with van der Waals surface area (Å²) in [6.07, 6.45) is 4.22. The van der Waals surface area contributed by atoms with Gasteiger partial charge in [-0.05, 0) is 74.5 Å². The van der Waals surface area contributed by atoms with Crippen molar-refractivity contribution in [3.63, 3.8) is 0 Å². The molecule has 4 heteroatoms. The zero-order chi connectivity index (χ0) is 18.2. The van der Waals surface area contributed by atoms with Crippen LogP contribution in [-0.2, 0) is 11.2 Å². The van der Waals surface area contributed by atoms with Gasteiger partial charge in [0.25, 0.3) is 0 Å². The number of aldehydes is 1. The Labute approximate surface area is 147 Å². The van der Waals surface area contributed by atoms with E-state index in [0.717, 1.165) is 42.6 Å². The summed E-state index contributed by atoms with van der Waals surface area (Å²) < 4.78 is 12.8. The fourth-order valence-electron chi connectivity index (χ4n) is 2.89. The molecule has 0 aromatic heterocycles. The van der Waals surface area contributed by atoms with Gasteiger partial charge in [0.05, 0.1) is 0 Å². The molecular weight excluding hydrogens is 316 g/mol. The van der Waals surface area contributed by atoms with E-state index in [9.17, 15) is 4.79 Å². The Morgan fingerprint density at radius 1 is 1.33 bits per heavy atom. The minimum Gasteiger partial charge on any atom is -0.543 e. The summed E-state index contributed by atoms with van der Waals surface area (Å²) in [5.74, 6) is 1.95. The molecule has 1 heterocycles. The summed E-state index contributed by atoms with van der Waals surface area (Å²) in [5, 5.41) is 0.181. The lowest BCUT2D eigenvalue weighted by atomic mass is 9.88. The maximum atomic E-state index is 10.7. The highest BCUT2D eigenvalue weighted by Gasteiger charge is 2.39. The van der Waals surface area contributed by atoms with Crippen LogP contribution in [0.2, 0.25) is 18.1 Å². The largest absolute Gasteiger partial charge is 0.543 e. The molecule has 1 aromatic carbocycles. The first-order valence-corrected chi connectivity index (χ1v) is 11.8. The molecule has 1 unspecified atom stereocenters. The van der Waals surface area contributed by atoms with E-state index in [1.54, 1.807) is 0 Å². The van der Waals surface area contributed by atoms with Gasteiger partial charge in [-0.25, -0.2) is 0 Å². The molecule has 0 spiro atoms. The van der Waals surface area contributed by atoms with Crippen LogP contribution in [0.3, 0.4) is 0 Å². The van der Waals surface area contributed by atoms with Crippen LogP contribution in [0.5, 0.6) is 11.5 Å². The highest BCUT2D eigenvalue weighted by atomic mass is 28.4. The smallest absolute Gasteiger partial charge is 0.250 e. The third-order valence-corrected chi connectivity index (χ3v) is 9.93. The fourth-order valence-corrected chi connectivity index (χ4v) is 3.90. The number of aryl methyl sites for hydroxylation is 2. The van der Waals surface area contributed by atoms with Crippen molar-refractivity contribution in [2.45, 2.75) is 84.0 Å². The van der Waals surface area contributed by atoms with Crippen molar-refractivity contribution in [3.05, 3.63) is 23.3 Å². The van der Waals surface area contributed by atoms with Gasteiger partial charge in [-0.15, -0.1) is 0 Å². The van der Waals surface area contributed by atoms with E-state index in [1.807, 2.05) is 0 Å². The molecule has 0 N–H and O–H groups in total. The topological polar surface area (TPSA) is 35.5 Å². The summed E-state index contributed by atoms with van der Waals surface area (Å²) in [5.41, 5.74) is 2.12. The molecule has 0 fully saturated rings. The van der Waals surface area contributed by atoms with Crippen molar-refractivity contribution in [2.75, 3.05) is 0 Å². The molecule has 1 aromatic rings. The molecule has 3 nitrogen and oxygen atoms in total. The predicted molar refractivity (Wildman–Crippen MR) is 102 cm³/mol. The third kappa shape index (κ3) is 4.02. The molecule has 0 amide bonds. The van der Waals surface area contributed by atoms with Crippen molar-refractivity contribution in [1.29, 1.82) is 0 Å². The molecule has 1 aliphatic rings. The number of benzene rings is 1. The highest BCUT2D eigenvalue weighted by molar-refractivity contribution is 6.74. The molecule has 0 saturated carbocycles. The monoisotopic (exact) mass is 348 g/mol. The maximum absolute atomic E-state index is 10.7. The molecular formula is C20H32O3Si. The van der Waals surface area contributed by atoms with Crippen LogP contribution in [0.15, 0.2) is 12.1 Å². The Bertz CT molecular complexity index is 616. The van der Waals surface area contributed by atoms with Crippen molar-refractivity contribution in [1.82, 2.24) is 0 Å². The van der Waals surface area contributed by atoms with Gasteiger partial charge >= 0.3 is 0 Å². The highest BCUT2D eigenvalue weighted by Crippen LogP contribution is 2.42. The molecule has 24 heavy (non-hydrogen) atoms.